The monoisotopic (exact) mass is 324 g/mol. The molecule has 0 spiro atoms. The van der Waals surface area contributed by atoms with E-state index in [1.807, 2.05) is 24.3 Å². The molecule has 0 unspecified atom stereocenters. The quantitative estimate of drug-likeness (QED) is 0.887. The van der Waals surface area contributed by atoms with Crippen molar-refractivity contribution in [3.63, 3.8) is 0 Å². The van der Waals surface area contributed by atoms with E-state index in [1.54, 1.807) is 7.11 Å². The van der Waals surface area contributed by atoms with E-state index < -0.39 is 0 Å². The lowest BCUT2D eigenvalue weighted by molar-refractivity contribution is -0.120. The molecule has 0 bridgehead atoms. The number of methoxy groups -OCH3 is 1. The Kier molecular flexibility index (Phi) is 5.36. The minimum atomic E-state index is 0.0230. The molecule has 4 heteroatoms. The first-order valence-electron chi connectivity index (χ1n) is 8.49. The minimum absolute atomic E-state index is 0.0230. The van der Waals surface area contributed by atoms with Crippen LogP contribution in [0.2, 0.25) is 0 Å². The van der Waals surface area contributed by atoms with Gasteiger partial charge in [-0.2, -0.15) is 0 Å². The van der Waals surface area contributed by atoms with E-state index in [4.69, 9.17) is 4.74 Å². The van der Waals surface area contributed by atoms with Gasteiger partial charge in [0, 0.05) is 30.9 Å². The van der Waals surface area contributed by atoms with Gasteiger partial charge >= 0.3 is 0 Å². The molecule has 1 N–H and O–H groups in total. The molecule has 0 aromatic heterocycles. The van der Waals surface area contributed by atoms with Gasteiger partial charge in [-0.3, -0.25) is 4.79 Å². The molecule has 1 aliphatic heterocycles. The van der Waals surface area contributed by atoms with Gasteiger partial charge in [0.1, 0.15) is 5.75 Å². The standard InChI is InChI=1S/C20H24N2O2/c1-24-19-7-3-2-6-17(19)15-21-20(23)14-16-8-10-18(11-9-16)22-12-4-5-13-22/h2-3,6-11H,4-5,12-15H2,1H3,(H,21,23). The summed E-state index contributed by atoms with van der Waals surface area (Å²) in [6.07, 6.45) is 2.94. The fourth-order valence-corrected chi connectivity index (χ4v) is 3.09. The van der Waals surface area contributed by atoms with Crippen LogP contribution >= 0.6 is 0 Å². The Morgan fingerprint density at radius 1 is 1.08 bits per heavy atom. The van der Waals surface area contributed by atoms with Crippen molar-refractivity contribution in [1.29, 1.82) is 0 Å². The SMILES string of the molecule is COc1ccccc1CNC(=O)Cc1ccc(N2CCCC2)cc1. The van der Waals surface area contributed by atoms with E-state index in [0.717, 1.165) is 30.0 Å². The summed E-state index contributed by atoms with van der Waals surface area (Å²) >= 11 is 0. The number of amides is 1. The second-order valence-electron chi connectivity index (χ2n) is 6.13. The molecular weight excluding hydrogens is 300 g/mol. The molecule has 1 saturated heterocycles. The van der Waals surface area contributed by atoms with E-state index in [2.05, 4.69) is 34.5 Å². The van der Waals surface area contributed by atoms with Crippen molar-refractivity contribution in [2.24, 2.45) is 0 Å². The lowest BCUT2D eigenvalue weighted by Crippen LogP contribution is -2.24. The summed E-state index contributed by atoms with van der Waals surface area (Å²) in [5, 5.41) is 2.96. The molecule has 0 aliphatic carbocycles. The van der Waals surface area contributed by atoms with Gasteiger partial charge in [-0.25, -0.2) is 0 Å². The van der Waals surface area contributed by atoms with Gasteiger partial charge in [-0.15, -0.1) is 0 Å². The molecule has 24 heavy (non-hydrogen) atoms. The summed E-state index contributed by atoms with van der Waals surface area (Å²) in [4.78, 5) is 14.6. The van der Waals surface area contributed by atoms with Crippen LogP contribution in [0.5, 0.6) is 5.75 Å². The van der Waals surface area contributed by atoms with Crippen LogP contribution in [0.25, 0.3) is 0 Å². The molecule has 1 fully saturated rings. The number of anilines is 1. The number of nitrogens with one attached hydrogen (secondary N) is 1. The number of benzene rings is 2. The number of para-hydroxylation sites is 1. The maximum absolute atomic E-state index is 12.2. The highest BCUT2D eigenvalue weighted by atomic mass is 16.5. The molecule has 0 radical (unpaired) electrons. The first kappa shape index (κ1) is 16.4. The third kappa shape index (κ3) is 4.07. The lowest BCUT2D eigenvalue weighted by atomic mass is 10.1. The number of carbonyl (C=O) groups excluding carboxylic acids is 1. The van der Waals surface area contributed by atoms with Crippen molar-refractivity contribution in [2.75, 3.05) is 25.1 Å². The largest absolute Gasteiger partial charge is 0.496 e. The van der Waals surface area contributed by atoms with Crippen LogP contribution in [0.3, 0.4) is 0 Å². The fourth-order valence-electron chi connectivity index (χ4n) is 3.09. The number of carbonyl (C=O) groups is 1. The van der Waals surface area contributed by atoms with Crippen LogP contribution in [0.4, 0.5) is 5.69 Å². The molecule has 1 amide bonds. The smallest absolute Gasteiger partial charge is 0.224 e. The Hall–Kier alpha value is -2.49. The van der Waals surface area contributed by atoms with Gasteiger partial charge in [0.15, 0.2) is 0 Å². The van der Waals surface area contributed by atoms with Gasteiger partial charge in [0.25, 0.3) is 0 Å². The van der Waals surface area contributed by atoms with E-state index in [0.29, 0.717) is 13.0 Å². The number of hydrogen-bond acceptors (Lipinski definition) is 3. The number of rotatable bonds is 6. The zero-order valence-electron chi connectivity index (χ0n) is 14.1. The van der Waals surface area contributed by atoms with Gasteiger partial charge in [0.05, 0.1) is 13.5 Å². The lowest BCUT2D eigenvalue weighted by Gasteiger charge is -2.17. The topological polar surface area (TPSA) is 41.6 Å². The molecule has 0 atom stereocenters. The molecule has 0 saturated carbocycles. The Morgan fingerprint density at radius 3 is 2.50 bits per heavy atom. The Labute approximate surface area is 143 Å². The van der Waals surface area contributed by atoms with E-state index >= 15 is 0 Å². The Bertz CT molecular complexity index is 676. The van der Waals surface area contributed by atoms with Crippen molar-refractivity contribution < 1.29 is 9.53 Å². The van der Waals surface area contributed by atoms with Gasteiger partial charge in [-0.1, -0.05) is 30.3 Å². The molecule has 1 aliphatic rings. The third-order valence-corrected chi connectivity index (χ3v) is 4.44. The van der Waals surface area contributed by atoms with Gasteiger partial charge in [-0.05, 0) is 36.6 Å². The molecule has 1 heterocycles. The zero-order chi connectivity index (χ0) is 16.8. The predicted molar refractivity (Wildman–Crippen MR) is 96.4 cm³/mol. The maximum Gasteiger partial charge on any atom is 0.224 e. The number of ether oxygens (including phenoxy) is 1. The molecule has 4 nitrogen and oxygen atoms in total. The average Bonchev–Trinajstić information content (AvgIpc) is 3.15. The van der Waals surface area contributed by atoms with Crippen LogP contribution in [0.1, 0.15) is 24.0 Å². The zero-order valence-corrected chi connectivity index (χ0v) is 14.1. The highest BCUT2D eigenvalue weighted by Gasteiger charge is 2.12. The van der Waals surface area contributed by atoms with E-state index in [1.165, 1.54) is 18.5 Å². The predicted octanol–water partition coefficient (Wildman–Crippen LogP) is 3.15. The van der Waals surface area contributed by atoms with E-state index in [9.17, 15) is 4.79 Å². The first-order valence-corrected chi connectivity index (χ1v) is 8.49. The number of hydrogen-bond donors (Lipinski definition) is 1. The summed E-state index contributed by atoms with van der Waals surface area (Å²) < 4.78 is 5.30. The summed E-state index contributed by atoms with van der Waals surface area (Å²) in [5.74, 6) is 0.822. The van der Waals surface area contributed by atoms with Crippen LogP contribution in [-0.2, 0) is 17.8 Å². The van der Waals surface area contributed by atoms with Gasteiger partial charge < -0.3 is 15.0 Å². The van der Waals surface area contributed by atoms with E-state index in [-0.39, 0.29) is 5.91 Å². The second kappa shape index (κ2) is 7.86. The summed E-state index contributed by atoms with van der Waals surface area (Å²) in [5.41, 5.74) is 3.28. The van der Waals surface area contributed by atoms with Crippen molar-refractivity contribution in [2.45, 2.75) is 25.8 Å². The van der Waals surface area contributed by atoms with Crippen LogP contribution < -0.4 is 15.0 Å². The number of nitrogens with zero attached hydrogens (tertiary/aromatic N) is 1. The highest BCUT2D eigenvalue weighted by Crippen LogP contribution is 2.20. The summed E-state index contributed by atoms with van der Waals surface area (Å²) in [6, 6.07) is 16.1. The molecule has 3 rings (SSSR count). The van der Waals surface area contributed by atoms with Gasteiger partial charge in [0.2, 0.25) is 5.91 Å². The Morgan fingerprint density at radius 2 is 1.79 bits per heavy atom. The normalized spacial score (nSPS) is 13.8. The van der Waals surface area contributed by atoms with Crippen molar-refractivity contribution in [3.8, 4) is 5.75 Å². The van der Waals surface area contributed by atoms with Crippen molar-refractivity contribution >= 4 is 11.6 Å². The average molecular weight is 324 g/mol. The van der Waals surface area contributed by atoms with Crippen molar-refractivity contribution in [1.82, 2.24) is 5.32 Å². The van der Waals surface area contributed by atoms with Crippen LogP contribution in [0.15, 0.2) is 48.5 Å². The maximum atomic E-state index is 12.2. The Balaban J connectivity index is 1.53. The van der Waals surface area contributed by atoms with Crippen LogP contribution in [0, 0.1) is 0 Å². The third-order valence-electron chi connectivity index (χ3n) is 4.44. The molecule has 126 valence electrons. The van der Waals surface area contributed by atoms with Crippen molar-refractivity contribution in [3.05, 3.63) is 59.7 Å². The molecule has 2 aromatic rings. The first-order chi connectivity index (χ1) is 11.8. The summed E-state index contributed by atoms with van der Waals surface area (Å²) in [7, 11) is 1.64. The molecule has 2 aromatic carbocycles. The fraction of sp³-hybridized carbons (Fsp3) is 0.350. The molecular formula is C20H24N2O2. The highest BCUT2D eigenvalue weighted by molar-refractivity contribution is 5.78. The summed E-state index contributed by atoms with van der Waals surface area (Å²) in [6.45, 7) is 2.76. The minimum Gasteiger partial charge on any atom is -0.496 e. The second-order valence-corrected chi connectivity index (χ2v) is 6.13. The van der Waals surface area contributed by atoms with Crippen LogP contribution in [-0.4, -0.2) is 26.1 Å².